The maximum absolute atomic E-state index is 5.82. The Morgan fingerprint density at radius 1 is 1.00 bits per heavy atom. The number of unbranched alkanes of at least 4 members (excludes halogenated alkanes) is 5. The Bertz CT molecular complexity index is 336. The van der Waals surface area contributed by atoms with Crippen molar-refractivity contribution in [1.29, 1.82) is 0 Å². The highest BCUT2D eigenvalue weighted by molar-refractivity contribution is 5.21. The first-order valence-corrected chi connectivity index (χ1v) is 9.77. The van der Waals surface area contributed by atoms with Gasteiger partial charge in [-0.25, -0.2) is 0 Å². The van der Waals surface area contributed by atoms with Gasteiger partial charge in [0.1, 0.15) is 0 Å². The third-order valence-corrected chi connectivity index (χ3v) is 5.32. The summed E-state index contributed by atoms with van der Waals surface area (Å²) >= 11 is 0. The summed E-state index contributed by atoms with van der Waals surface area (Å²) in [7, 11) is 0. The van der Waals surface area contributed by atoms with Crippen LogP contribution in [0.25, 0.3) is 0 Å². The number of ether oxygens (including phenoxy) is 1. The second-order valence-corrected chi connectivity index (χ2v) is 7.44. The van der Waals surface area contributed by atoms with Crippen LogP contribution in [0.2, 0.25) is 0 Å². The predicted octanol–water partition coefficient (Wildman–Crippen LogP) is 6.45. The second kappa shape index (κ2) is 11.0. The van der Waals surface area contributed by atoms with E-state index in [0.717, 1.165) is 25.0 Å². The molecule has 0 aliphatic heterocycles. The van der Waals surface area contributed by atoms with E-state index >= 15 is 0 Å². The van der Waals surface area contributed by atoms with Gasteiger partial charge in [-0.3, -0.25) is 0 Å². The molecule has 22 heavy (non-hydrogen) atoms. The second-order valence-electron chi connectivity index (χ2n) is 7.44. The van der Waals surface area contributed by atoms with Gasteiger partial charge in [0.25, 0.3) is 0 Å². The molecule has 1 atom stereocenters. The van der Waals surface area contributed by atoms with Crippen LogP contribution in [0.4, 0.5) is 0 Å². The van der Waals surface area contributed by atoms with Gasteiger partial charge in [0.2, 0.25) is 0 Å². The van der Waals surface area contributed by atoms with Crippen molar-refractivity contribution in [2.45, 2.75) is 84.0 Å². The topological polar surface area (TPSA) is 9.23 Å². The molecule has 0 aromatic heterocycles. The maximum atomic E-state index is 5.82. The highest BCUT2D eigenvalue weighted by Crippen LogP contribution is 2.25. The van der Waals surface area contributed by atoms with E-state index in [2.05, 4.69) is 25.2 Å². The van der Waals surface area contributed by atoms with Crippen LogP contribution >= 0.6 is 0 Å². The molecule has 0 heterocycles. The number of rotatable bonds is 11. The molecule has 0 saturated heterocycles. The first-order chi connectivity index (χ1) is 10.8. The van der Waals surface area contributed by atoms with Crippen LogP contribution in [-0.2, 0) is 4.74 Å². The molecule has 2 aliphatic carbocycles. The van der Waals surface area contributed by atoms with Crippen molar-refractivity contribution in [2.75, 3.05) is 13.2 Å². The lowest BCUT2D eigenvalue weighted by atomic mass is 9.92. The van der Waals surface area contributed by atoms with Gasteiger partial charge in [-0.15, -0.1) is 0 Å². The van der Waals surface area contributed by atoms with E-state index in [1.807, 2.05) is 0 Å². The van der Waals surface area contributed by atoms with Crippen LogP contribution in [0.5, 0.6) is 0 Å². The van der Waals surface area contributed by atoms with Crippen molar-refractivity contribution in [1.82, 2.24) is 0 Å². The minimum absolute atomic E-state index is 0.813. The molecule has 1 unspecified atom stereocenters. The molecule has 1 saturated carbocycles. The van der Waals surface area contributed by atoms with E-state index in [1.54, 1.807) is 0 Å². The zero-order valence-electron chi connectivity index (χ0n) is 14.7. The van der Waals surface area contributed by atoms with Crippen molar-refractivity contribution in [3.63, 3.8) is 0 Å². The van der Waals surface area contributed by atoms with E-state index in [9.17, 15) is 0 Å². The molecule has 1 fully saturated rings. The molecule has 0 bridgehead atoms. The molecule has 1 heteroatoms. The smallest absolute Gasteiger partial charge is 0.0494 e. The van der Waals surface area contributed by atoms with E-state index in [0.29, 0.717) is 0 Å². The molecule has 126 valence electrons. The molecular weight excluding hydrogens is 268 g/mol. The fraction of sp³-hybridized carbons (Fsp3) is 0.810. The number of allylic oxidation sites excluding steroid dienone is 4. The molecule has 1 nitrogen and oxygen atoms in total. The van der Waals surface area contributed by atoms with Crippen molar-refractivity contribution in [2.24, 2.45) is 11.8 Å². The fourth-order valence-electron chi connectivity index (χ4n) is 3.73. The molecule has 0 spiro atoms. The minimum atomic E-state index is 0.813. The van der Waals surface area contributed by atoms with Gasteiger partial charge in [-0.05, 0) is 50.9 Å². The van der Waals surface area contributed by atoms with E-state index in [1.165, 1.54) is 82.6 Å². The van der Waals surface area contributed by atoms with E-state index < -0.39 is 0 Å². The summed E-state index contributed by atoms with van der Waals surface area (Å²) in [5.74, 6) is 1.69. The molecule has 0 radical (unpaired) electrons. The average molecular weight is 305 g/mol. The predicted molar refractivity (Wildman–Crippen MR) is 96.1 cm³/mol. The van der Waals surface area contributed by atoms with Crippen molar-refractivity contribution in [3.05, 3.63) is 23.8 Å². The van der Waals surface area contributed by atoms with E-state index in [4.69, 9.17) is 4.74 Å². The van der Waals surface area contributed by atoms with Crippen LogP contribution in [0.15, 0.2) is 23.8 Å². The Hall–Kier alpha value is -0.560. The lowest BCUT2D eigenvalue weighted by molar-refractivity contribution is 0.0978. The number of hydrogen-bond donors (Lipinski definition) is 0. The monoisotopic (exact) mass is 304 g/mol. The lowest BCUT2D eigenvalue weighted by Crippen LogP contribution is -2.06. The summed E-state index contributed by atoms with van der Waals surface area (Å²) in [6.45, 7) is 4.22. The van der Waals surface area contributed by atoms with Gasteiger partial charge < -0.3 is 4.74 Å². The van der Waals surface area contributed by atoms with Gasteiger partial charge in [-0.1, -0.05) is 68.7 Å². The summed E-state index contributed by atoms with van der Waals surface area (Å²) in [5.41, 5.74) is 1.44. The van der Waals surface area contributed by atoms with Gasteiger partial charge in [0, 0.05) is 13.2 Å². The van der Waals surface area contributed by atoms with Crippen LogP contribution < -0.4 is 0 Å². The van der Waals surface area contributed by atoms with Crippen LogP contribution in [0.3, 0.4) is 0 Å². The van der Waals surface area contributed by atoms with Crippen molar-refractivity contribution >= 4 is 0 Å². The quantitative estimate of drug-likeness (QED) is 0.399. The summed E-state index contributed by atoms with van der Waals surface area (Å²) in [4.78, 5) is 0. The van der Waals surface area contributed by atoms with Crippen LogP contribution in [0.1, 0.15) is 84.0 Å². The van der Waals surface area contributed by atoms with Crippen LogP contribution in [-0.4, -0.2) is 13.2 Å². The Kier molecular flexibility index (Phi) is 8.93. The first kappa shape index (κ1) is 17.8. The Balaban J connectivity index is 1.31. The minimum Gasteiger partial charge on any atom is -0.381 e. The van der Waals surface area contributed by atoms with E-state index in [-0.39, 0.29) is 0 Å². The SMILES string of the molecule is CC1=CCC(CCCCCCCCOCC2CCCC2)C=C1. The van der Waals surface area contributed by atoms with Crippen molar-refractivity contribution < 1.29 is 4.74 Å². The van der Waals surface area contributed by atoms with Crippen LogP contribution in [0, 0.1) is 11.8 Å². The Morgan fingerprint density at radius 3 is 2.45 bits per heavy atom. The molecule has 0 amide bonds. The molecule has 0 aromatic carbocycles. The average Bonchev–Trinajstić information content (AvgIpc) is 3.04. The summed E-state index contributed by atoms with van der Waals surface area (Å²) in [5, 5.41) is 0. The summed E-state index contributed by atoms with van der Waals surface area (Å²) in [6.07, 6.45) is 23.7. The Morgan fingerprint density at radius 2 is 1.73 bits per heavy atom. The number of hydrogen-bond acceptors (Lipinski definition) is 1. The summed E-state index contributed by atoms with van der Waals surface area (Å²) in [6, 6.07) is 0. The third kappa shape index (κ3) is 7.63. The largest absolute Gasteiger partial charge is 0.381 e. The fourth-order valence-corrected chi connectivity index (χ4v) is 3.73. The van der Waals surface area contributed by atoms with Gasteiger partial charge >= 0.3 is 0 Å². The highest BCUT2D eigenvalue weighted by Gasteiger charge is 2.14. The van der Waals surface area contributed by atoms with Gasteiger partial charge in [0.05, 0.1) is 0 Å². The standard InChI is InChI=1S/C21H36O/c1-19-13-15-20(16-14-19)10-6-4-2-3-5-9-17-22-18-21-11-7-8-12-21/h13-15,20-21H,2-12,16-18H2,1H3. The molecule has 2 rings (SSSR count). The maximum Gasteiger partial charge on any atom is 0.0494 e. The first-order valence-electron chi connectivity index (χ1n) is 9.77. The third-order valence-electron chi connectivity index (χ3n) is 5.32. The van der Waals surface area contributed by atoms with Gasteiger partial charge in [0.15, 0.2) is 0 Å². The van der Waals surface area contributed by atoms with Gasteiger partial charge in [-0.2, -0.15) is 0 Å². The van der Waals surface area contributed by atoms with Crippen molar-refractivity contribution in [3.8, 4) is 0 Å². The highest BCUT2D eigenvalue weighted by atomic mass is 16.5. The Labute approximate surface area is 138 Å². The molecule has 0 N–H and O–H groups in total. The zero-order valence-corrected chi connectivity index (χ0v) is 14.7. The molecular formula is C21H36O. The normalized spacial score (nSPS) is 22.2. The summed E-state index contributed by atoms with van der Waals surface area (Å²) < 4.78 is 5.82. The molecule has 0 aromatic rings. The molecule has 2 aliphatic rings. The lowest BCUT2D eigenvalue weighted by Gasteiger charge is -2.14. The zero-order chi connectivity index (χ0) is 15.5.